The summed E-state index contributed by atoms with van der Waals surface area (Å²) in [6.45, 7) is 0. The molecule has 5 heteroatoms. The minimum absolute atomic E-state index is 0.472. The van der Waals surface area contributed by atoms with Gasteiger partial charge in [0.05, 0.1) is 13.2 Å². The maximum Gasteiger partial charge on any atom is 0.204 e. The lowest BCUT2D eigenvalue weighted by atomic mass is 10.2. The first-order valence-electron chi connectivity index (χ1n) is 5.31. The molecule has 0 spiro atoms. The smallest absolute Gasteiger partial charge is 0.204 e. The molecule has 0 unspecified atom stereocenters. The highest BCUT2D eigenvalue weighted by Crippen LogP contribution is 2.33. The molecule has 0 bridgehead atoms. The highest BCUT2D eigenvalue weighted by Gasteiger charge is 2.26. The second kappa shape index (κ2) is 3.59. The van der Waals surface area contributed by atoms with Gasteiger partial charge < -0.3 is 4.74 Å². The van der Waals surface area contributed by atoms with E-state index in [0.717, 1.165) is 11.3 Å². The van der Waals surface area contributed by atoms with Gasteiger partial charge in [-0.3, -0.25) is 0 Å². The van der Waals surface area contributed by atoms with E-state index in [9.17, 15) is 0 Å². The van der Waals surface area contributed by atoms with Crippen LogP contribution in [0.2, 0.25) is 0 Å². The molecule has 0 atom stereocenters. The van der Waals surface area contributed by atoms with Crippen LogP contribution in [0.25, 0.3) is 11.4 Å². The summed E-state index contributed by atoms with van der Waals surface area (Å²) in [5, 5.41) is 12.4. The van der Waals surface area contributed by atoms with Crippen molar-refractivity contribution in [2.24, 2.45) is 0 Å². The predicted molar refractivity (Wildman–Crippen MR) is 58.1 cm³/mol. The molecule has 1 aliphatic carbocycles. The Hall–Kier alpha value is -1.91. The summed E-state index contributed by atoms with van der Waals surface area (Å²) in [7, 11) is 1.65. The third kappa shape index (κ3) is 1.64. The second-order valence-corrected chi connectivity index (χ2v) is 3.89. The van der Waals surface area contributed by atoms with Gasteiger partial charge in [-0.05, 0) is 42.3 Å². The van der Waals surface area contributed by atoms with E-state index in [0.29, 0.717) is 11.9 Å². The Balaban J connectivity index is 1.88. The molecule has 82 valence electrons. The number of methoxy groups -OCH3 is 1. The average Bonchev–Trinajstić information content (AvgIpc) is 3.08. The minimum atomic E-state index is 0.472. The fourth-order valence-corrected chi connectivity index (χ4v) is 1.54. The molecule has 3 rings (SSSR count). The summed E-state index contributed by atoms with van der Waals surface area (Å²) in [4.78, 5) is 1.71. The molecule has 0 aliphatic heterocycles. The van der Waals surface area contributed by atoms with Crippen LogP contribution in [0.4, 0.5) is 0 Å². The van der Waals surface area contributed by atoms with Gasteiger partial charge in [-0.2, -0.15) is 4.80 Å². The highest BCUT2D eigenvalue weighted by atomic mass is 16.5. The second-order valence-electron chi connectivity index (χ2n) is 3.89. The van der Waals surface area contributed by atoms with Crippen molar-refractivity contribution >= 4 is 0 Å². The number of aromatic nitrogens is 4. The van der Waals surface area contributed by atoms with Crippen molar-refractivity contribution in [2.45, 2.75) is 18.9 Å². The molecule has 0 N–H and O–H groups in total. The Morgan fingerprint density at radius 3 is 2.62 bits per heavy atom. The van der Waals surface area contributed by atoms with E-state index in [1.165, 1.54) is 12.8 Å². The van der Waals surface area contributed by atoms with Crippen LogP contribution in [0.15, 0.2) is 24.3 Å². The van der Waals surface area contributed by atoms with Gasteiger partial charge in [-0.1, -0.05) is 0 Å². The number of ether oxygens (including phenoxy) is 1. The summed E-state index contributed by atoms with van der Waals surface area (Å²) in [6.07, 6.45) is 2.33. The molecular formula is C11H12N4O. The van der Waals surface area contributed by atoms with Crippen LogP contribution >= 0.6 is 0 Å². The fraction of sp³-hybridized carbons (Fsp3) is 0.364. The Morgan fingerprint density at radius 2 is 2.00 bits per heavy atom. The lowest BCUT2D eigenvalue weighted by Crippen LogP contribution is -1.98. The standard InChI is InChI=1S/C11H12N4O/c1-16-10-6-2-8(3-7-10)11-12-14-15(13-11)9-4-5-9/h2-3,6-7,9H,4-5H2,1H3. The van der Waals surface area contributed by atoms with Crippen molar-refractivity contribution in [1.82, 2.24) is 20.2 Å². The van der Waals surface area contributed by atoms with Crippen LogP contribution in [0.3, 0.4) is 0 Å². The lowest BCUT2D eigenvalue weighted by molar-refractivity contribution is 0.415. The quantitative estimate of drug-likeness (QED) is 0.783. The highest BCUT2D eigenvalue weighted by molar-refractivity contribution is 5.55. The number of hydrogen-bond donors (Lipinski definition) is 0. The fourth-order valence-electron chi connectivity index (χ4n) is 1.54. The van der Waals surface area contributed by atoms with E-state index >= 15 is 0 Å². The van der Waals surface area contributed by atoms with Crippen molar-refractivity contribution in [3.63, 3.8) is 0 Å². The molecule has 0 amide bonds. The molecule has 0 saturated heterocycles. The van der Waals surface area contributed by atoms with E-state index in [4.69, 9.17) is 4.74 Å². The number of nitrogens with zero attached hydrogens (tertiary/aromatic N) is 4. The SMILES string of the molecule is COc1ccc(-c2nnn(C3CC3)n2)cc1. The zero-order chi connectivity index (χ0) is 11.0. The molecule has 5 nitrogen and oxygen atoms in total. The first kappa shape index (κ1) is 9.33. The predicted octanol–water partition coefficient (Wildman–Crippen LogP) is 1.68. The summed E-state index contributed by atoms with van der Waals surface area (Å²) in [5.74, 6) is 1.51. The topological polar surface area (TPSA) is 52.8 Å². The monoisotopic (exact) mass is 216 g/mol. The van der Waals surface area contributed by atoms with E-state index in [1.54, 1.807) is 11.9 Å². The van der Waals surface area contributed by atoms with Gasteiger partial charge >= 0.3 is 0 Å². The van der Waals surface area contributed by atoms with Gasteiger partial charge in [-0.25, -0.2) is 0 Å². The molecule has 1 aromatic carbocycles. The summed E-state index contributed by atoms with van der Waals surface area (Å²) >= 11 is 0. The Bertz CT molecular complexity index is 487. The van der Waals surface area contributed by atoms with Crippen LogP contribution in [-0.4, -0.2) is 27.3 Å². The van der Waals surface area contributed by atoms with Gasteiger partial charge in [-0.15, -0.1) is 10.2 Å². The van der Waals surface area contributed by atoms with Crippen LogP contribution in [0.1, 0.15) is 18.9 Å². The number of hydrogen-bond acceptors (Lipinski definition) is 4. The number of tetrazole rings is 1. The van der Waals surface area contributed by atoms with Gasteiger partial charge in [0.2, 0.25) is 5.82 Å². The molecule has 0 radical (unpaired) electrons. The van der Waals surface area contributed by atoms with Crippen molar-refractivity contribution in [3.05, 3.63) is 24.3 Å². The Labute approximate surface area is 93.0 Å². The molecular weight excluding hydrogens is 204 g/mol. The summed E-state index contributed by atoms with van der Waals surface area (Å²) in [5.41, 5.74) is 0.965. The van der Waals surface area contributed by atoms with E-state index < -0.39 is 0 Å². The molecule has 1 aliphatic rings. The third-order valence-corrected chi connectivity index (χ3v) is 2.65. The van der Waals surface area contributed by atoms with E-state index in [1.807, 2.05) is 24.3 Å². The van der Waals surface area contributed by atoms with Crippen LogP contribution in [0.5, 0.6) is 5.75 Å². The molecule has 1 aromatic heterocycles. The average molecular weight is 216 g/mol. The zero-order valence-corrected chi connectivity index (χ0v) is 9.00. The Kier molecular flexibility index (Phi) is 2.09. The molecule has 16 heavy (non-hydrogen) atoms. The van der Waals surface area contributed by atoms with Crippen LogP contribution in [-0.2, 0) is 0 Å². The van der Waals surface area contributed by atoms with Gasteiger partial charge in [0, 0.05) is 5.56 Å². The van der Waals surface area contributed by atoms with Crippen molar-refractivity contribution in [2.75, 3.05) is 7.11 Å². The normalized spacial score (nSPS) is 15.1. The summed E-state index contributed by atoms with van der Waals surface area (Å²) < 4.78 is 5.10. The maximum atomic E-state index is 5.10. The Morgan fingerprint density at radius 1 is 1.25 bits per heavy atom. The van der Waals surface area contributed by atoms with E-state index in [-0.39, 0.29) is 0 Å². The van der Waals surface area contributed by atoms with Crippen molar-refractivity contribution < 1.29 is 4.74 Å². The first-order chi connectivity index (χ1) is 7.86. The number of rotatable bonds is 3. The van der Waals surface area contributed by atoms with Crippen LogP contribution < -0.4 is 4.74 Å². The van der Waals surface area contributed by atoms with E-state index in [2.05, 4.69) is 15.4 Å². The van der Waals surface area contributed by atoms with Gasteiger partial charge in [0.15, 0.2) is 0 Å². The molecule has 2 aromatic rings. The van der Waals surface area contributed by atoms with Gasteiger partial charge in [0.25, 0.3) is 0 Å². The molecule has 1 saturated carbocycles. The van der Waals surface area contributed by atoms with Crippen LogP contribution in [0, 0.1) is 0 Å². The first-order valence-corrected chi connectivity index (χ1v) is 5.31. The largest absolute Gasteiger partial charge is 0.497 e. The van der Waals surface area contributed by atoms with Gasteiger partial charge in [0.1, 0.15) is 5.75 Å². The zero-order valence-electron chi connectivity index (χ0n) is 9.00. The lowest BCUT2D eigenvalue weighted by Gasteiger charge is -1.99. The summed E-state index contributed by atoms with van der Waals surface area (Å²) in [6, 6.07) is 8.14. The molecule has 1 fully saturated rings. The maximum absolute atomic E-state index is 5.10. The minimum Gasteiger partial charge on any atom is -0.497 e. The van der Waals surface area contributed by atoms with Crippen molar-refractivity contribution in [3.8, 4) is 17.1 Å². The molecule has 1 heterocycles. The number of benzene rings is 1. The third-order valence-electron chi connectivity index (χ3n) is 2.65. The van der Waals surface area contributed by atoms with Crippen molar-refractivity contribution in [1.29, 1.82) is 0 Å².